The van der Waals surface area contributed by atoms with E-state index < -0.39 is 0 Å². The molecule has 3 heterocycles. The highest BCUT2D eigenvalue weighted by atomic mass is 32.2. The van der Waals surface area contributed by atoms with E-state index >= 15 is 0 Å². The lowest BCUT2D eigenvalue weighted by atomic mass is 9.84. The first-order valence-corrected chi connectivity index (χ1v) is 10.2. The fourth-order valence-corrected chi connectivity index (χ4v) is 4.87. The van der Waals surface area contributed by atoms with Crippen LogP contribution in [0.1, 0.15) is 43.9 Å². The molecule has 6 heteroatoms. The maximum absolute atomic E-state index is 6.36. The van der Waals surface area contributed by atoms with Crippen LogP contribution in [0.4, 0.5) is 5.82 Å². The van der Waals surface area contributed by atoms with Crippen molar-refractivity contribution >= 4 is 39.9 Å². The van der Waals surface area contributed by atoms with E-state index in [1.165, 1.54) is 34.5 Å². The van der Waals surface area contributed by atoms with Crippen molar-refractivity contribution in [2.45, 2.75) is 44.2 Å². The quantitative estimate of drug-likeness (QED) is 0.535. The van der Waals surface area contributed by atoms with E-state index in [0.717, 1.165) is 28.4 Å². The number of thioether (sulfide) groups is 1. The molecule has 3 aromatic heterocycles. The molecule has 0 aromatic carbocycles. The van der Waals surface area contributed by atoms with Gasteiger partial charge in [0, 0.05) is 16.1 Å². The summed E-state index contributed by atoms with van der Waals surface area (Å²) in [5.41, 5.74) is 10.9. The Morgan fingerprint density at radius 2 is 2.21 bits per heavy atom. The molecular formula is C18H20N4S2. The fourth-order valence-electron chi connectivity index (χ4n) is 3.50. The number of thiophene rings is 1. The Kier molecular flexibility index (Phi) is 4.18. The number of rotatable bonds is 3. The summed E-state index contributed by atoms with van der Waals surface area (Å²) in [4.78, 5) is 15.4. The predicted octanol–water partition coefficient (Wildman–Crippen LogP) is 4.89. The van der Waals surface area contributed by atoms with Gasteiger partial charge in [0.25, 0.3) is 0 Å². The van der Waals surface area contributed by atoms with E-state index in [2.05, 4.69) is 36.3 Å². The number of hydrogen-bond acceptors (Lipinski definition) is 6. The number of hydrogen-bond donors (Lipinski definition) is 1. The topological polar surface area (TPSA) is 64.7 Å². The number of nitrogens with zero attached hydrogens (tertiary/aromatic N) is 3. The molecule has 4 nitrogen and oxygen atoms in total. The van der Waals surface area contributed by atoms with Crippen molar-refractivity contribution in [2.24, 2.45) is 0 Å². The molecule has 0 saturated carbocycles. The summed E-state index contributed by atoms with van der Waals surface area (Å²) in [6, 6.07) is 4.25. The lowest BCUT2D eigenvalue weighted by Gasteiger charge is -2.25. The van der Waals surface area contributed by atoms with E-state index in [1.807, 2.05) is 0 Å². The van der Waals surface area contributed by atoms with Crippen LogP contribution < -0.4 is 5.73 Å². The van der Waals surface area contributed by atoms with Gasteiger partial charge in [-0.2, -0.15) is 0 Å². The minimum absolute atomic E-state index is 0.468. The Bertz CT molecular complexity index is 890. The molecule has 0 amide bonds. The minimum Gasteiger partial charge on any atom is -0.383 e. The van der Waals surface area contributed by atoms with Crippen LogP contribution in [0.2, 0.25) is 0 Å². The summed E-state index contributed by atoms with van der Waals surface area (Å²) in [7, 11) is 0. The van der Waals surface area contributed by atoms with Crippen LogP contribution in [-0.2, 0) is 6.42 Å². The molecule has 0 spiro atoms. The Balaban J connectivity index is 2.08. The van der Waals surface area contributed by atoms with Crippen LogP contribution in [0.15, 0.2) is 22.7 Å². The Hall–Kier alpha value is -1.66. The molecule has 3 aromatic rings. The van der Waals surface area contributed by atoms with E-state index in [4.69, 9.17) is 15.7 Å². The Morgan fingerprint density at radius 3 is 2.96 bits per heavy atom. The number of anilines is 1. The third kappa shape index (κ3) is 2.58. The van der Waals surface area contributed by atoms with E-state index in [-0.39, 0.29) is 0 Å². The number of fused-ring (bicyclic) bond motifs is 2. The average Bonchev–Trinajstić information content (AvgIpc) is 3.08. The van der Waals surface area contributed by atoms with Gasteiger partial charge in [-0.1, -0.05) is 31.7 Å². The molecule has 0 saturated heterocycles. The van der Waals surface area contributed by atoms with Crippen LogP contribution in [0.3, 0.4) is 0 Å². The number of aromatic nitrogens is 3. The van der Waals surface area contributed by atoms with Crippen molar-refractivity contribution in [1.29, 1.82) is 0 Å². The highest BCUT2D eigenvalue weighted by molar-refractivity contribution is 7.99. The first kappa shape index (κ1) is 15.8. The molecule has 0 aliphatic heterocycles. The van der Waals surface area contributed by atoms with Crippen LogP contribution in [0, 0.1) is 0 Å². The zero-order valence-electron chi connectivity index (χ0n) is 13.9. The molecule has 0 radical (unpaired) electrons. The van der Waals surface area contributed by atoms with E-state index in [1.54, 1.807) is 23.1 Å². The first-order valence-electron chi connectivity index (χ1n) is 8.35. The van der Waals surface area contributed by atoms with Crippen molar-refractivity contribution < 1.29 is 0 Å². The molecule has 0 bridgehead atoms. The minimum atomic E-state index is 0.468. The van der Waals surface area contributed by atoms with Crippen LogP contribution >= 0.6 is 23.1 Å². The third-order valence-electron chi connectivity index (χ3n) is 4.56. The molecule has 1 atom stereocenters. The Labute approximate surface area is 149 Å². The monoisotopic (exact) mass is 356 g/mol. The first-order chi connectivity index (χ1) is 11.7. The van der Waals surface area contributed by atoms with Gasteiger partial charge < -0.3 is 5.73 Å². The van der Waals surface area contributed by atoms with Gasteiger partial charge in [-0.25, -0.2) is 15.0 Å². The van der Waals surface area contributed by atoms with Gasteiger partial charge in [0.05, 0.1) is 5.39 Å². The van der Waals surface area contributed by atoms with Gasteiger partial charge in [-0.15, -0.1) is 11.3 Å². The standard InChI is InChI=1S/C18H20N4S2/c1-3-23-18-21-16(19)14-13(12-8-5-9-24-12)11-7-4-6-10(2)15(11)20-17(14)22-18/h5,8-10H,3-4,6-7H2,1-2H3,(H2,19,20,21,22). The van der Waals surface area contributed by atoms with Crippen molar-refractivity contribution in [3.63, 3.8) is 0 Å². The molecule has 4 rings (SSSR count). The molecule has 2 N–H and O–H groups in total. The fraction of sp³-hybridized carbons (Fsp3) is 0.389. The maximum Gasteiger partial charge on any atom is 0.191 e. The van der Waals surface area contributed by atoms with Crippen LogP contribution in [0.5, 0.6) is 0 Å². The second-order valence-electron chi connectivity index (χ2n) is 6.14. The summed E-state index contributed by atoms with van der Waals surface area (Å²) in [5.74, 6) is 1.94. The van der Waals surface area contributed by atoms with Crippen molar-refractivity contribution in [2.75, 3.05) is 11.5 Å². The maximum atomic E-state index is 6.36. The molecule has 1 unspecified atom stereocenters. The summed E-state index contributed by atoms with van der Waals surface area (Å²) in [5, 5.41) is 3.75. The SMILES string of the molecule is CCSc1nc(N)c2c(-c3cccs3)c3c(nc2n1)C(C)CCC3. The zero-order valence-corrected chi connectivity index (χ0v) is 15.5. The van der Waals surface area contributed by atoms with Gasteiger partial charge >= 0.3 is 0 Å². The van der Waals surface area contributed by atoms with Crippen LogP contribution in [0.25, 0.3) is 21.5 Å². The number of nitrogens with two attached hydrogens (primary N) is 1. The van der Waals surface area contributed by atoms with Crippen molar-refractivity contribution in [1.82, 2.24) is 15.0 Å². The normalized spacial score (nSPS) is 17.2. The molecule has 1 aliphatic rings. The molecule has 124 valence electrons. The highest BCUT2D eigenvalue weighted by Gasteiger charge is 2.26. The Morgan fingerprint density at radius 1 is 1.33 bits per heavy atom. The molecule has 1 aliphatic carbocycles. The van der Waals surface area contributed by atoms with Crippen molar-refractivity contribution in [3.05, 3.63) is 28.8 Å². The van der Waals surface area contributed by atoms with Gasteiger partial charge in [0.2, 0.25) is 0 Å². The molecule has 24 heavy (non-hydrogen) atoms. The van der Waals surface area contributed by atoms with Gasteiger partial charge in [0.15, 0.2) is 10.8 Å². The average molecular weight is 357 g/mol. The summed E-state index contributed by atoms with van der Waals surface area (Å²) < 4.78 is 0. The van der Waals surface area contributed by atoms with Gasteiger partial charge in [-0.3, -0.25) is 0 Å². The van der Waals surface area contributed by atoms with Crippen LogP contribution in [-0.4, -0.2) is 20.7 Å². The zero-order chi connectivity index (χ0) is 16.7. The number of pyridine rings is 1. The van der Waals surface area contributed by atoms with Crippen molar-refractivity contribution in [3.8, 4) is 10.4 Å². The highest BCUT2D eigenvalue weighted by Crippen LogP contribution is 2.42. The lowest BCUT2D eigenvalue weighted by Crippen LogP contribution is -2.13. The second-order valence-corrected chi connectivity index (χ2v) is 8.32. The second kappa shape index (κ2) is 6.33. The molecular weight excluding hydrogens is 336 g/mol. The molecule has 0 fully saturated rings. The largest absolute Gasteiger partial charge is 0.383 e. The summed E-state index contributed by atoms with van der Waals surface area (Å²) >= 11 is 3.35. The van der Waals surface area contributed by atoms with E-state index in [9.17, 15) is 0 Å². The summed E-state index contributed by atoms with van der Waals surface area (Å²) in [6.07, 6.45) is 3.44. The lowest BCUT2D eigenvalue weighted by molar-refractivity contribution is 0.576. The number of nitrogen functional groups attached to an aromatic ring is 1. The van der Waals surface area contributed by atoms with Gasteiger partial charge in [0.1, 0.15) is 5.82 Å². The summed E-state index contributed by atoms with van der Waals surface area (Å²) in [6.45, 7) is 4.36. The van der Waals surface area contributed by atoms with Gasteiger partial charge in [-0.05, 0) is 47.9 Å². The third-order valence-corrected chi connectivity index (χ3v) is 6.17. The van der Waals surface area contributed by atoms with E-state index in [0.29, 0.717) is 11.7 Å². The smallest absolute Gasteiger partial charge is 0.191 e. The predicted molar refractivity (Wildman–Crippen MR) is 103 cm³/mol.